The van der Waals surface area contributed by atoms with Gasteiger partial charge in [-0.05, 0) is 38.0 Å². The molecule has 0 aliphatic rings. The molecular formula is C12H17NO2S. The van der Waals surface area contributed by atoms with Crippen molar-refractivity contribution in [1.82, 2.24) is 4.98 Å². The molecule has 0 aliphatic heterocycles. The zero-order valence-electron chi connectivity index (χ0n) is 9.86. The molecule has 1 rings (SSSR count). The van der Waals surface area contributed by atoms with Crippen molar-refractivity contribution in [2.24, 2.45) is 0 Å². The predicted molar refractivity (Wildman–Crippen MR) is 65.9 cm³/mol. The molecule has 0 aromatic carbocycles. The van der Waals surface area contributed by atoms with Crippen molar-refractivity contribution >= 4 is 17.7 Å². The van der Waals surface area contributed by atoms with Gasteiger partial charge in [0.25, 0.3) is 0 Å². The zero-order valence-corrected chi connectivity index (χ0v) is 10.7. The van der Waals surface area contributed by atoms with Gasteiger partial charge in [-0.15, -0.1) is 0 Å². The number of pyridine rings is 1. The summed E-state index contributed by atoms with van der Waals surface area (Å²) in [6.07, 6.45) is 1.55. The average molecular weight is 239 g/mol. The van der Waals surface area contributed by atoms with Crippen LogP contribution in [0.25, 0.3) is 0 Å². The molecule has 1 atom stereocenters. The van der Waals surface area contributed by atoms with Gasteiger partial charge in [-0.25, -0.2) is 4.98 Å². The van der Waals surface area contributed by atoms with E-state index in [4.69, 9.17) is 5.11 Å². The molecule has 4 heteroatoms. The third-order valence-corrected chi connectivity index (χ3v) is 3.34. The number of nitrogens with zero attached hydrogens (tertiary/aromatic N) is 1. The van der Waals surface area contributed by atoms with Crippen molar-refractivity contribution in [3.05, 3.63) is 23.4 Å². The van der Waals surface area contributed by atoms with Crippen LogP contribution in [0.1, 0.15) is 31.0 Å². The summed E-state index contributed by atoms with van der Waals surface area (Å²) in [5.41, 5.74) is 2.05. The number of aliphatic carboxylic acids is 1. The Balaban J connectivity index is 2.80. The van der Waals surface area contributed by atoms with Crippen molar-refractivity contribution in [3.8, 4) is 0 Å². The summed E-state index contributed by atoms with van der Waals surface area (Å²) in [7, 11) is 0. The van der Waals surface area contributed by atoms with Crippen LogP contribution < -0.4 is 0 Å². The summed E-state index contributed by atoms with van der Waals surface area (Å²) < 4.78 is 0. The lowest BCUT2D eigenvalue weighted by Crippen LogP contribution is -2.16. The summed E-state index contributed by atoms with van der Waals surface area (Å²) in [6.45, 7) is 5.91. The summed E-state index contributed by atoms with van der Waals surface area (Å²) in [6, 6.07) is 3.92. The fourth-order valence-corrected chi connectivity index (χ4v) is 2.70. The van der Waals surface area contributed by atoms with Gasteiger partial charge in [-0.1, -0.05) is 25.1 Å². The molecule has 0 spiro atoms. The van der Waals surface area contributed by atoms with Crippen LogP contribution in [0.5, 0.6) is 0 Å². The minimum atomic E-state index is -0.757. The second-order valence-electron chi connectivity index (χ2n) is 3.86. The van der Waals surface area contributed by atoms with Crippen LogP contribution in [0.3, 0.4) is 0 Å². The van der Waals surface area contributed by atoms with Crippen LogP contribution in [0.15, 0.2) is 17.2 Å². The normalized spacial score (nSPS) is 12.4. The standard InChI is InChI=1S/C12H17NO2S/c1-4-5-10(12(14)15)16-11-7-8(2)6-9(3)13-11/h6-7,10H,4-5H2,1-3H3,(H,14,15). The maximum Gasteiger partial charge on any atom is 0.317 e. The number of aromatic nitrogens is 1. The SMILES string of the molecule is CCCC(Sc1cc(C)cc(C)n1)C(=O)O. The Morgan fingerprint density at radius 3 is 2.69 bits per heavy atom. The Bertz CT molecular complexity index is 359. The van der Waals surface area contributed by atoms with Crippen molar-refractivity contribution in [3.63, 3.8) is 0 Å². The Hall–Kier alpha value is -1.03. The lowest BCUT2D eigenvalue weighted by atomic mass is 10.2. The Labute approximate surface area is 100 Å². The van der Waals surface area contributed by atoms with E-state index < -0.39 is 11.2 Å². The number of carboxylic acids is 1. The molecule has 1 aromatic rings. The number of hydrogen-bond donors (Lipinski definition) is 1. The van der Waals surface area contributed by atoms with Gasteiger partial charge in [0, 0.05) is 5.69 Å². The highest BCUT2D eigenvalue weighted by molar-refractivity contribution is 8.00. The van der Waals surface area contributed by atoms with E-state index in [9.17, 15) is 4.79 Å². The number of carboxylic acid groups (broad SMARTS) is 1. The van der Waals surface area contributed by atoms with Gasteiger partial charge in [0.15, 0.2) is 0 Å². The van der Waals surface area contributed by atoms with E-state index in [2.05, 4.69) is 4.98 Å². The molecule has 0 aliphatic carbocycles. The number of rotatable bonds is 5. The van der Waals surface area contributed by atoms with Crippen LogP contribution in [0.2, 0.25) is 0 Å². The van der Waals surface area contributed by atoms with E-state index in [1.165, 1.54) is 11.8 Å². The highest BCUT2D eigenvalue weighted by atomic mass is 32.2. The maximum atomic E-state index is 11.0. The minimum Gasteiger partial charge on any atom is -0.480 e. The first-order valence-electron chi connectivity index (χ1n) is 5.37. The fraction of sp³-hybridized carbons (Fsp3) is 0.500. The van der Waals surface area contributed by atoms with E-state index >= 15 is 0 Å². The minimum absolute atomic E-state index is 0.390. The van der Waals surface area contributed by atoms with Gasteiger partial charge in [0.1, 0.15) is 5.25 Å². The van der Waals surface area contributed by atoms with E-state index in [0.717, 1.165) is 22.7 Å². The monoisotopic (exact) mass is 239 g/mol. The van der Waals surface area contributed by atoms with Gasteiger partial charge in [0.05, 0.1) is 5.03 Å². The third kappa shape index (κ3) is 3.85. The fourth-order valence-electron chi connectivity index (χ4n) is 1.51. The zero-order chi connectivity index (χ0) is 12.1. The predicted octanol–water partition coefficient (Wildman–Crippen LogP) is 3.04. The van der Waals surface area contributed by atoms with Crippen molar-refractivity contribution in [2.45, 2.75) is 43.9 Å². The molecule has 1 N–H and O–H groups in total. The molecule has 0 saturated carbocycles. The molecule has 1 aromatic heterocycles. The van der Waals surface area contributed by atoms with Crippen LogP contribution >= 0.6 is 11.8 Å². The topological polar surface area (TPSA) is 50.2 Å². The Morgan fingerprint density at radius 1 is 1.50 bits per heavy atom. The second-order valence-corrected chi connectivity index (χ2v) is 5.08. The molecule has 0 radical (unpaired) electrons. The van der Waals surface area contributed by atoms with Crippen molar-refractivity contribution in [1.29, 1.82) is 0 Å². The van der Waals surface area contributed by atoms with Crippen molar-refractivity contribution < 1.29 is 9.90 Å². The van der Waals surface area contributed by atoms with Crippen LogP contribution in [-0.4, -0.2) is 21.3 Å². The number of hydrogen-bond acceptors (Lipinski definition) is 3. The molecule has 1 unspecified atom stereocenters. The molecule has 0 bridgehead atoms. The van der Waals surface area contributed by atoms with Gasteiger partial charge in [-0.2, -0.15) is 0 Å². The quantitative estimate of drug-likeness (QED) is 0.802. The number of aryl methyl sites for hydroxylation is 2. The van der Waals surface area contributed by atoms with E-state index in [1.54, 1.807) is 0 Å². The van der Waals surface area contributed by atoms with Crippen LogP contribution in [-0.2, 0) is 4.79 Å². The Morgan fingerprint density at radius 2 is 2.19 bits per heavy atom. The lowest BCUT2D eigenvalue weighted by molar-refractivity contribution is -0.136. The molecule has 0 fully saturated rings. The summed E-state index contributed by atoms with van der Waals surface area (Å²) in [5.74, 6) is -0.757. The number of carbonyl (C=O) groups is 1. The lowest BCUT2D eigenvalue weighted by Gasteiger charge is -2.10. The smallest absolute Gasteiger partial charge is 0.317 e. The Kier molecular flexibility index (Phi) is 4.80. The first-order chi connectivity index (χ1) is 7.52. The maximum absolute atomic E-state index is 11.0. The van der Waals surface area contributed by atoms with Gasteiger partial charge >= 0.3 is 5.97 Å². The van der Waals surface area contributed by atoms with Gasteiger partial charge < -0.3 is 5.11 Å². The van der Waals surface area contributed by atoms with Crippen LogP contribution in [0.4, 0.5) is 0 Å². The molecule has 88 valence electrons. The third-order valence-electron chi connectivity index (χ3n) is 2.16. The molecule has 0 amide bonds. The summed E-state index contributed by atoms with van der Waals surface area (Å²) in [5, 5.41) is 9.47. The first-order valence-corrected chi connectivity index (χ1v) is 6.25. The first kappa shape index (κ1) is 13.0. The van der Waals surface area contributed by atoms with Crippen LogP contribution in [0, 0.1) is 13.8 Å². The summed E-state index contributed by atoms with van der Waals surface area (Å²) in [4.78, 5) is 15.4. The number of thioether (sulfide) groups is 1. The highest BCUT2D eigenvalue weighted by Crippen LogP contribution is 2.25. The highest BCUT2D eigenvalue weighted by Gasteiger charge is 2.18. The largest absolute Gasteiger partial charge is 0.480 e. The van der Waals surface area contributed by atoms with E-state index in [1.807, 2.05) is 32.9 Å². The summed E-state index contributed by atoms with van der Waals surface area (Å²) >= 11 is 1.34. The molecule has 1 heterocycles. The molecular weight excluding hydrogens is 222 g/mol. The van der Waals surface area contributed by atoms with Crippen molar-refractivity contribution in [2.75, 3.05) is 0 Å². The molecule has 0 saturated heterocycles. The van der Waals surface area contributed by atoms with E-state index in [0.29, 0.717) is 6.42 Å². The van der Waals surface area contributed by atoms with Gasteiger partial charge in [-0.3, -0.25) is 4.79 Å². The molecule has 16 heavy (non-hydrogen) atoms. The van der Waals surface area contributed by atoms with Gasteiger partial charge in [0.2, 0.25) is 0 Å². The second kappa shape index (κ2) is 5.89. The molecule has 3 nitrogen and oxygen atoms in total. The van der Waals surface area contributed by atoms with E-state index in [-0.39, 0.29) is 0 Å². The average Bonchev–Trinajstić information content (AvgIpc) is 2.15.